The van der Waals surface area contributed by atoms with Crippen molar-refractivity contribution in [3.05, 3.63) is 58.9 Å². The van der Waals surface area contributed by atoms with Crippen LogP contribution >= 0.6 is 0 Å². The quantitative estimate of drug-likeness (QED) is 0.698. The van der Waals surface area contributed by atoms with Crippen molar-refractivity contribution >= 4 is 11.7 Å². The highest BCUT2D eigenvalue weighted by Gasteiger charge is 2.37. The zero-order valence-corrected chi connectivity index (χ0v) is 15.6. The van der Waals surface area contributed by atoms with E-state index in [9.17, 15) is 14.7 Å². The van der Waals surface area contributed by atoms with E-state index < -0.39 is 0 Å². The number of aromatic nitrogens is 1. The lowest BCUT2D eigenvalue weighted by Crippen LogP contribution is -2.20. The zero-order valence-electron chi connectivity index (χ0n) is 15.6. The van der Waals surface area contributed by atoms with E-state index in [0.717, 1.165) is 17.7 Å². The van der Waals surface area contributed by atoms with Crippen LogP contribution in [0.1, 0.15) is 44.9 Å². The number of benzene rings is 1. The number of pyridine rings is 1. The number of rotatable bonds is 8. The van der Waals surface area contributed by atoms with Crippen molar-refractivity contribution in [1.82, 2.24) is 10.3 Å². The molecule has 27 heavy (non-hydrogen) atoms. The van der Waals surface area contributed by atoms with Gasteiger partial charge in [-0.2, -0.15) is 0 Å². The molecule has 6 nitrogen and oxygen atoms in total. The summed E-state index contributed by atoms with van der Waals surface area (Å²) < 4.78 is 5.25. The molecule has 1 heterocycles. The number of carbonyl (C=O) groups excluding carboxylic acids is 2. The molecule has 1 aliphatic carbocycles. The Morgan fingerprint density at radius 3 is 2.74 bits per heavy atom. The van der Waals surface area contributed by atoms with Crippen molar-refractivity contribution in [2.75, 3.05) is 20.8 Å². The van der Waals surface area contributed by atoms with Crippen LogP contribution in [0.3, 0.4) is 0 Å². The lowest BCUT2D eigenvalue weighted by Gasteiger charge is -2.09. The maximum Gasteiger partial charge on any atom is 0.269 e. The third-order valence-electron chi connectivity index (χ3n) is 4.93. The Hall–Kier alpha value is -2.73. The van der Waals surface area contributed by atoms with Gasteiger partial charge in [0.05, 0.1) is 7.11 Å². The number of hydrogen-bond acceptors (Lipinski definition) is 5. The van der Waals surface area contributed by atoms with Gasteiger partial charge in [-0.05, 0) is 48.1 Å². The Morgan fingerprint density at radius 2 is 2.07 bits per heavy atom. The number of aliphatic hydroxyl groups excluding tert-OH is 1. The minimum Gasteiger partial charge on any atom is -0.497 e. The van der Waals surface area contributed by atoms with Crippen LogP contribution in [0.4, 0.5) is 0 Å². The van der Waals surface area contributed by atoms with Gasteiger partial charge >= 0.3 is 0 Å². The zero-order chi connectivity index (χ0) is 19.4. The SMILES string of the molecule is CNC(=O)c1cc(C(=O)C[C@H]2C[C@@H]2CO)cc(Cc2cccc(OC)c2)n1. The first-order valence-corrected chi connectivity index (χ1v) is 9.04. The predicted octanol–water partition coefficient (Wildman–Crippen LogP) is 2.24. The molecular formula is C21H24N2O4. The number of hydrogen-bond donors (Lipinski definition) is 2. The number of aliphatic hydroxyl groups is 1. The molecule has 1 aromatic heterocycles. The standard InChI is InChI=1S/C21H24N2O4/c1-22-21(26)19-10-15(20(25)11-14-8-16(14)12-24)9-17(23-19)6-13-4-3-5-18(7-13)27-2/h3-5,7,9-10,14,16,24H,6,8,11-12H2,1-2H3,(H,22,26)/t14-,16-/m1/s1. The molecule has 0 spiro atoms. The molecule has 0 bridgehead atoms. The fourth-order valence-corrected chi connectivity index (χ4v) is 3.22. The average molecular weight is 368 g/mol. The Morgan fingerprint density at radius 1 is 1.26 bits per heavy atom. The van der Waals surface area contributed by atoms with Gasteiger partial charge < -0.3 is 15.2 Å². The van der Waals surface area contributed by atoms with Gasteiger partial charge in [0, 0.05) is 37.8 Å². The Labute approximate surface area is 158 Å². The molecule has 0 aliphatic heterocycles. The van der Waals surface area contributed by atoms with Crippen LogP contribution in [0.5, 0.6) is 5.75 Å². The summed E-state index contributed by atoms with van der Waals surface area (Å²) in [7, 11) is 3.15. The number of ether oxygens (including phenoxy) is 1. The van der Waals surface area contributed by atoms with E-state index >= 15 is 0 Å². The van der Waals surface area contributed by atoms with Gasteiger partial charge in [-0.15, -0.1) is 0 Å². The highest BCUT2D eigenvalue weighted by molar-refractivity contribution is 6.00. The van der Waals surface area contributed by atoms with Gasteiger partial charge in [0.1, 0.15) is 11.4 Å². The molecule has 142 valence electrons. The van der Waals surface area contributed by atoms with E-state index in [1.54, 1.807) is 19.2 Å². The minimum atomic E-state index is -0.323. The largest absolute Gasteiger partial charge is 0.497 e. The highest BCUT2D eigenvalue weighted by Crippen LogP contribution is 2.41. The third kappa shape index (κ3) is 4.71. The summed E-state index contributed by atoms with van der Waals surface area (Å²) in [6.45, 7) is 0.124. The van der Waals surface area contributed by atoms with Gasteiger partial charge in [-0.1, -0.05) is 12.1 Å². The second-order valence-corrected chi connectivity index (χ2v) is 6.91. The fraction of sp³-hybridized carbons (Fsp3) is 0.381. The molecule has 0 saturated heterocycles. The van der Waals surface area contributed by atoms with Crippen LogP contribution < -0.4 is 10.1 Å². The normalized spacial score (nSPS) is 18.0. The molecule has 6 heteroatoms. The molecular weight excluding hydrogens is 344 g/mol. The van der Waals surface area contributed by atoms with E-state index in [-0.39, 0.29) is 35.8 Å². The first kappa shape index (κ1) is 19.0. The molecule has 1 amide bonds. The second-order valence-electron chi connectivity index (χ2n) is 6.91. The number of Topliss-reactive ketones (excluding diaryl/α,β-unsaturated/α-hetero) is 1. The summed E-state index contributed by atoms with van der Waals surface area (Å²) in [6, 6.07) is 10.9. The summed E-state index contributed by atoms with van der Waals surface area (Å²) in [4.78, 5) is 29.2. The molecule has 1 aliphatic rings. The number of nitrogens with one attached hydrogen (secondary N) is 1. The lowest BCUT2D eigenvalue weighted by atomic mass is 10.0. The van der Waals surface area contributed by atoms with E-state index in [2.05, 4.69) is 10.3 Å². The molecule has 1 saturated carbocycles. The summed E-state index contributed by atoms with van der Waals surface area (Å²) >= 11 is 0. The summed E-state index contributed by atoms with van der Waals surface area (Å²) in [5, 5.41) is 11.7. The van der Waals surface area contributed by atoms with E-state index in [0.29, 0.717) is 24.1 Å². The maximum absolute atomic E-state index is 12.7. The van der Waals surface area contributed by atoms with Crippen molar-refractivity contribution in [3.8, 4) is 5.75 Å². The molecule has 0 radical (unpaired) electrons. The van der Waals surface area contributed by atoms with Crippen LogP contribution in [0.25, 0.3) is 0 Å². The summed E-state index contributed by atoms with van der Waals surface area (Å²) in [5.74, 6) is 0.869. The molecule has 2 aromatic rings. The minimum absolute atomic E-state index is 0.0182. The second kappa shape index (κ2) is 8.31. The van der Waals surface area contributed by atoms with E-state index in [1.165, 1.54) is 7.05 Å². The molecule has 1 fully saturated rings. The van der Waals surface area contributed by atoms with E-state index in [1.807, 2.05) is 24.3 Å². The number of ketones is 1. The third-order valence-corrected chi connectivity index (χ3v) is 4.93. The van der Waals surface area contributed by atoms with Gasteiger partial charge in [-0.3, -0.25) is 9.59 Å². The van der Waals surface area contributed by atoms with Crippen molar-refractivity contribution in [2.45, 2.75) is 19.3 Å². The van der Waals surface area contributed by atoms with Gasteiger partial charge in [0.25, 0.3) is 5.91 Å². The summed E-state index contributed by atoms with van der Waals surface area (Å²) in [6.07, 6.45) is 1.76. The van der Waals surface area contributed by atoms with Crippen LogP contribution in [0.2, 0.25) is 0 Å². The Bertz CT molecular complexity index is 850. The Kier molecular flexibility index (Phi) is 5.86. The van der Waals surface area contributed by atoms with Crippen LogP contribution in [0, 0.1) is 11.8 Å². The van der Waals surface area contributed by atoms with Crippen LogP contribution in [-0.2, 0) is 6.42 Å². The lowest BCUT2D eigenvalue weighted by molar-refractivity contribution is 0.0958. The Balaban J connectivity index is 1.85. The first-order valence-electron chi connectivity index (χ1n) is 9.04. The molecule has 2 N–H and O–H groups in total. The topological polar surface area (TPSA) is 88.5 Å². The highest BCUT2D eigenvalue weighted by atomic mass is 16.5. The number of carbonyl (C=O) groups is 2. The van der Waals surface area contributed by atoms with Crippen LogP contribution in [0.15, 0.2) is 36.4 Å². The number of amides is 1. The van der Waals surface area contributed by atoms with Crippen molar-refractivity contribution < 1.29 is 19.4 Å². The smallest absolute Gasteiger partial charge is 0.269 e. The van der Waals surface area contributed by atoms with Crippen molar-refractivity contribution in [3.63, 3.8) is 0 Å². The first-order chi connectivity index (χ1) is 13.0. The molecule has 3 rings (SSSR count). The number of methoxy groups -OCH3 is 1. The fourth-order valence-electron chi connectivity index (χ4n) is 3.22. The monoisotopic (exact) mass is 368 g/mol. The predicted molar refractivity (Wildman–Crippen MR) is 101 cm³/mol. The maximum atomic E-state index is 12.7. The van der Waals surface area contributed by atoms with Crippen LogP contribution in [-0.4, -0.2) is 42.5 Å². The molecule has 0 unspecified atom stereocenters. The van der Waals surface area contributed by atoms with Crippen molar-refractivity contribution in [2.24, 2.45) is 11.8 Å². The van der Waals surface area contributed by atoms with Gasteiger partial charge in [0.2, 0.25) is 0 Å². The summed E-state index contributed by atoms with van der Waals surface area (Å²) in [5.41, 5.74) is 2.36. The average Bonchev–Trinajstić information content (AvgIpc) is 3.45. The van der Waals surface area contributed by atoms with Gasteiger partial charge in [0.15, 0.2) is 5.78 Å². The molecule has 2 atom stereocenters. The van der Waals surface area contributed by atoms with Gasteiger partial charge in [-0.25, -0.2) is 4.98 Å². The van der Waals surface area contributed by atoms with E-state index in [4.69, 9.17) is 4.74 Å². The number of nitrogens with zero attached hydrogens (tertiary/aromatic N) is 1. The van der Waals surface area contributed by atoms with Crippen molar-refractivity contribution in [1.29, 1.82) is 0 Å². The molecule has 1 aromatic carbocycles.